The van der Waals surface area contributed by atoms with Crippen LogP contribution >= 0.6 is 0 Å². The third-order valence-corrected chi connectivity index (χ3v) is 4.66. The van der Waals surface area contributed by atoms with Crippen molar-refractivity contribution in [3.8, 4) is 23.0 Å². The highest BCUT2D eigenvalue weighted by atomic mass is 16.5. The Labute approximate surface area is 180 Å². The molecule has 0 atom stereocenters. The molecule has 3 N–H and O–H groups in total. The van der Waals surface area contributed by atoms with Crippen LogP contribution in [0.5, 0.6) is 23.0 Å². The van der Waals surface area contributed by atoms with Gasteiger partial charge in [0, 0.05) is 17.7 Å². The first-order chi connectivity index (χ1) is 15.0. The predicted octanol–water partition coefficient (Wildman–Crippen LogP) is 3.57. The molecule has 3 rings (SSSR count). The molecular formula is C24H24N2O5. The predicted molar refractivity (Wildman–Crippen MR) is 117 cm³/mol. The molecule has 3 aromatic rings. The number of methoxy groups -OCH3 is 2. The zero-order valence-corrected chi connectivity index (χ0v) is 17.4. The molecule has 0 heterocycles. The Morgan fingerprint density at radius 1 is 0.806 bits per heavy atom. The first-order valence-corrected chi connectivity index (χ1v) is 9.67. The molecule has 160 valence electrons. The summed E-state index contributed by atoms with van der Waals surface area (Å²) in [4.78, 5) is 23.6. The van der Waals surface area contributed by atoms with E-state index < -0.39 is 5.91 Å². The van der Waals surface area contributed by atoms with Gasteiger partial charge in [-0.15, -0.1) is 0 Å². The van der Waals surface area contributed by atoms with Gasteiger partial charge >= 0.3 is 0 Å². The van der Waals surface area contributed by atoms with Gasteiger partial charge in [-0.3, -0.25) is 9.59 Å². The summed E-state index contributed by atoms with van der Waals surface area (Å²) in [7, 11) is 3.22. The molecule has 7 heteroatoms. The van der Waals surface area contributed by atoms with E-state index in [2.05, 4.69) is 5.32 Å². The Bertz CT molecular complexity index is 1050. The van der Waals surface area contributed by atoms with Gasteiger partial charge in [0.25, 0.3) is 5.91 Å². The van der Waals surface area contributed by atoms with Crippen LogP contribution in [0.1, 0.15) is 26.3 Å². The van der Waals surface area contributed by atoms with E-state index >= 15 is 0 Å². The number of primary amides is 1. The van der Waals surface area contributed by atoms with Gasteiger partial charge in [0.2, 0.25) is 5.91 Å². The average molecular weight is 420 g/mol. The highest BCUT2D eigenvalue weighted by molar-refractivity contribution is 5.94. The molecule has 0 fully saturated rings. The lowest BCUT2D eigenvalue weighted by molar-refractivity contribution is 0.0952. The smallest absolute Gasteiger partial charge is 0.251 e. The van der Waals surface area contributed by atoms with Crippen LogP contribution in [0.3, 0.4) is 0 Å². The van der Waals surface area contributed by atoms with Crippen LogP contribution < -0.4 is 25.3 Å². The molecule has 0 bridgehead atoms. The van der Waals surface area contributed by atoms with Gasteiger partial charge in [-0.25, -0.2) is 0 Å². The fraction of sp³-hybridized carbons (Fsp3) is 0.167. The summed E-state index contributed by atoms with van der Waals surface area (Å²) >= 11 is 0. The maximum Gasteiger partial charge on any atom is 0.251 e. The second-order valence-electron chi connectivity index (χ2n) is 6.70. The van der Waals surface area contributed by atoms with Gasteiger partial charge in [-0.1, -0.05) is 0 Å². The van der Waals surface area contributed by atoms with Gasteiger partial charge in [-0.05, 0) is 78.7 Å². The van der Waals surface area contributed by atoms with E-state index in [9.17, 15) is 9.59 Å². The monoisotopic (exact) mass is 420 g/mol. The summed E-state index contributed by atoms with van der Waals surface area (Å²) < 4.78 is 16.3. The second-order valence-corrected chi connectivity index (χ2v) is 6.70. The van der Waals surface area contributed by atoms with E-state index in [4.69, 9.17) is 19.9 Å². The van der Waals surface area contributed by atoms with Crippen LogP contribution in [0.25, 0.3) is 0 Å². The van der Waals surface area contributed by atoms with Gasteiger partial charge in [0.15, 0.2) is 0 Å². The minimum Gasteiger partial charge on any atom is -0.497 e. The van der Waals surface area contributed by atoms with Crippen LogP contribution in [-0.2, 0) is 6.42 Å². The number of benzene rings is 3. The molecule has 0 aliphatic carbocycles. The number of nitrogens with one attached hydrogen (secondary N) is 1. The van der Waals surface area contributed by atoms with E-state index in [0.717, 1.165) is 17.1 Å². The van der Waals surface area contributed by atoms with Gasteiger partial charge < -0.3 is 25.3 Å². The van der Waals surface area contributed by atoms with Crippen LogP contribution in [0, 0.1) is 0 Å². The van der Waals surface area contributed by atoms with Crippen LogP contribution in [0.2, 0.25) is 0 Å². The Morgan fingerprint density at radius 2 is 1.39 bits per heavy atom. The lowest BCUT2D eigenvalue weighted by Gasteiger charge is -2.11. The van der Waals surface area contributed by atoms with Crippen LogP contribution in [0.4, 0.5) is 0 Å². The number of amides is 2. The van der Waals surface area contributed by atoms with E-state index in [1.165, 1.54) is 0 Å². The third-order valence-electron chi connectivity index (χ3n) is 4.66. The maximum absolute atomic E-state index is 12.4. The fourth-order valence-electron chi connectivity index (χ4n) is 2.99. The molecule has 3 aromatic carbocycles. The SMILES string of the molecule is COc1ccc(OC)c(CCNC(=O)c2ccc(Oc3ccc(C(N)=O)cc3)cc2)c1. The summed E-state index contributed by atoms with van der Waals surface area (Å²) in [5.41, 5.74) is 7.11. The van der Waals surface area contributed by atoms with Crippen molar-refractivity contribution in [1.29, 1.82) is 0 Å². The highest BCUT2D eigenvalue weighted by Gasteiger charge is 2.09. The Balaban J connectivity index is 1.55. The number of rotatable bonds is 9. The van der Waals surface area contributed by atoms with Crippen molar-refractivity contribution < 1.29 is 23.8 Å². The van der Waals surface area contributed by atoms with Crippen LogP contribution in [-0.4, -0.2) is 32.6 Å². The number of carbonyl (C=O) groups is 2. The molecule has 31 heavy (non-hydrogen) atoms. The topological polar surface area (TPSA) is 99.9 Å². The van der Waals surface area contributed by atoms with Gasteiger partial charge in [0.05, 0.1) is 14.2 Å². The molecule has 0 saturated heterocycles. The number of carbonyl (C=O) groups excluding carboxylic acids is 2. The summed E-state index contributed by atoms with van der Waals surface area (Å²) in [5.74, 6) is 1.95. The van der Waals surface area contributed by atoms with Crippen LogP contribution in [0.15, 0.2) is 66.7 Å². The minimum absolute atomic E-state index is 0.181. The standard InChI is InChI=1S/C24H24N2O5/c1-29-21-11-12-22(30-2)18(15-21)13-14-26-24(28)17-5-9-20(10-6-17)31-19-7-3-16(4-8-19)23(25)27/h3-12,15H,13-14H2,1-2H3,(H2,25,27)(H,26,28). The molecular weight excluding hydrogens is 396 g/mol. The van der Waals surface area contributed by atoms with E-state index in [-0.39, 0.29) is 5.91 Å². The van der Waals surface area contributed by atoms with E-state index in [1.807, 2.05) is 18.2 Å². The van der Waals surface area contributed by atoms with Crippen molar-refractivity contribution in [2.45, 2.75) is 6.42 Å². The zero-order valence-electron chi connectivity index (χ0n) is 17.4. The molecule has 0 radical (unpaired) electrons. The van der Waals surface area contributed by atoms with E-state index in [1.54, 1.807) is 62.8 Å². The van der Waals surface area contributed by atoms with Crippen molar-refractivity contribution in [3.63, 3.8) is 0 Å². The summed E-state index contributed by atoms with van der Waals surface area (Å²) in [6.45, 7) is 0.451. The lowest BCUT2D eigenvalue weighted by atomic mass is 10.1. The largest absolute Gasteiger partial charge is 0.497 e. The van der Waals surface area contributed by atoms with Crippen molar-refractivity contribution in [2.24, 2.45) is 5.73 Å². The van der Waals surface area contributed by atoms with Crippen molar-refractivity contribution in [1.82, 2.24) is 5.32 Å². The normalized spacial score (nSPS) is 10.3. The van der Waals surface area contributed by atoms with Crippen molar-refractivity contribution >= 4 is 11.8 Å². The first kappa shape index (κ1) is 21.7. The molecule has 0 saturated carbocycles. The van der Waals surface area contributed by atoms with Gasteiger partial charge in [0.1, 0.15) is 23.0 Å². The second kappa shape index (κ2) is 10.2. The molecule has 2 amide bonds. The summed E-state index contributed by atoms with van der Waals surface area (Å²) in [6, 6.07) is 18.9. The number of hydrogen-bond acceptors (Lipinski definition) is 5. The third kappa shape index (κ3) is 5.76. The molecule has 0 aliphatic heterocycles. The Kier molecular flexibility index (Phi) is 7.11. The molecule has 0 unspecified atom stereocenters. The first-order valence-electron chi connectivity index (χ1n) is 9.67. The summed E-state index contributed by atoms with van der Waals surface area (Å²) in [5, 5.41) is 2.90. The average Bonchev–Trinajstić information content (AvgIpc) is 2.79. The maximum atomic E-state index is 12.4. The number of ether oxygens (including phenoxy) is 3. The molecule has 0 aliphatic rings. The molecule has 7 nitrogen and oxygen atoms in total. The summed E-state index contributed by atoms with van der Waals surface area (Å²) in [6.07, 6.45) is 0.606. The lowest BCUT2D eigenvalue weighted by Crippen LogP contribution is -2.25. The van der Waals surface area contributed by atoms with E-state index in [0.29, 0.717) is 35.6 Å². The zero-order chi connectivity index (χ0) is 22.2. The fourth-order valence-corrected chi connectivity index (χ4v) is 2.99. The molecule has 0 aromatic heterocycles. The highest BCUT2D eigenvalue weighted by Crippen LogP contribution is 2.24. The Morgan fingerprint density at radius 3 is 1.94 bits per heavy atom. The number of nitrogens with two attached hydrogens (primary N) is 1. The quantitative estimate of drug-likeness (QED) is 0.551. The molecule has 0 spiro atoms. The Hall–Kier alpha value is -4.00. The van der Waals surface area contributed by atoms with Gasteiger partial charge in [-0.2, -0.15) is 0 Å². The minimum atomic E-state index is -0.494. The van der Waals surface area contributed by atoms with Crippen molar-refractivity contribution in [3.05, 3.63) is 83.4 Å². The van der Waals surface area contributed by atoms with Crippen molar-refractivity contribution in [2.75, 3.05) is 20.8 Å². The number of hydrogen-bond donors (Lipinski definition) is 2.